The van der Waals surface area contributed by atoms with Crippen molar-refractivity contribution in [2.75, 3.05) is 19.7 Å². The second kappa shape index (κ2) is 5.39. The zero-order valence-corrected chi connectivity index (χ0v) is 11.8. The van der Waals surface area contributed by atoms with Gasteiger partial charge in [-0.2, -0.15) is 0 Å². The predicted octanol–water partition coefficient (Wildman–Crippen LogP) is 1.26. The maximum Gasteiger partial charge on any atom is 0.158 e. The van der Waals surface area contributed by atoms with Gasteiger partial charge in [0.2, 0.25) is 0 Å². The molecule has 0 aromatic carbocycles. The maximum atomic E-state index is 5.94. The second-order valence-electron chi connectivity index (χ2n) is 6.22. The van der Waals surface area contributed by atoms with E-state index < -0.39 is 0 Å². The largest absolute Gasteiger partial charge is 0.367 e. The van der Waals surface area contributed by atoms with E-state index in [2.05, 4.69) is 20.2 Å². The van der Waals surface area contributed by atoms with Gasteiger partial charge in [0.05, 0.1) is 6.61 Å². The molecule has 2 saturated heterocycles. The lowest BCUT2D eigenvalue weighted by molar-refractivity contribution is -0.0541. The molecule has 2 unspecified atom stereocenters. The first-order chi connectivity index (χ1) is 9.88. The Hall–Kier alpha value is -1.04. The van der Waals surface area contributed by atoms with E-state index in [9.17, 15) is 0 Å². The lowest BCUT2D eigenvalue weighted by Gasteiger charge is -2.34. The minimum atomic E-state index is 0.0507. The fourth-order valence-corrected chi connectivity index (χ4v) is 3.15. The molecule has 4 rings (SSSR count). The number of nitrogens with one attached hydrogen (secondary N) is 1. The van der Waals surface area contributed by atoms with Gasteiger partial charge in [0.25, 0.3) is 0 Å². The van der Waals surface area contributed by atoms with Crippen molar-refractivity contribution in [3.63, 3.8) is 0 Å². The van der Waals surface area contributed by atoms with Crippen LogP contribution in [0.15, 0.2) is 12.4 Å². The number of hydrogen-bond acceptors (Lipinski definition) is 5. The van der Waals surface area contributed by atoms with Gasteiger partial charge in [-0.05, 0) is 32.2 Å². The van der Waals surface area contributed by atoms with Crippen molar-refractivity contribution in [3.8, 4) is 0 Å². The number of rotatable bonds is 4. The molecule has 108 valence electrons. The van der Waals surface area contributed by atoms with Crippen LogP contribution in [0.25, 0.3) is 0 Å². The highest BCUT2D eigenvalue weighted by Crippen LogP contribution is 2.28. The third-order valence-electron chi connectivity index (χ3n) is 4.57. The van der Waals surface area contributed by atoms with Crippen LogP contribution < -0.4 is 5.32 Å². The maximum absolute atomic E-state index is 5.94. The molecule has 5 heteroatoms. The molecule has 1 N–H and O–H groups in total. The van der Waals surface area contributed by atoms with Crippen molar-refractivity contribution in [1.29, 1.82) is 0 Å². The summed E-state index contributed by atoms with van der Waals surface area (Å²) in [5.74, 6) is 0.838. The van der Waals surface area contributed by atoms with Gasteiger partial charge in [0.1, 0.15) is 6.10 Å². The molecule has 0 spiro atoms. The van der Waals surface area contributed by atoms with Crippen LogP contribution in [-0.2, 0) is 11.3 Å². The summed E-state index contributed by atoms with van der Waals surface area (Å²) in [7, 11) is 0. The Morgan fingerprint density at radius 3 is 2.90 bits per heavy atom. The SMILES string of the molecule is c1nc(C2CN3CCCC3CO2)ncc1CNC1CC1. The van der Waals surface area contributed by atoms with Gasteiger partial charge in [0, 0.05) is 43.1 Å². The van der Waals surface area contributed by atoms with Crippen molar-refractivity contribution >= 4 is 0 Å². The smallest absolute Gasteiger partial charge is 0.158 e. The zero-order valence-electron chi connectivity index (χ0n) is 11.8. The summed E-state index contributed by atoms with van der Waals surface area (Å²) in [6, 6.07) is 1.36. The Balaban J connectivity index is 1.37. The molecule has 3 heterocycles. The fraction of sp³-hybridized carbons (Fsp3) is 0.733. The lowest BCUT2D eigenvalue weighted by Crippen LogP contribution is -2.42. The first-order valence-corrected chi connectivity index (χ1v) is 7.78. The molecule has 3 fully saturated rings. The number of ether oxygens (including phenoxy) is 1. The van der Waals surface area contributed by atoms with Gasteiger partial charge in [-0.25, -0.2) is 9.97 Å². The van der Waals surface area contributed by atoms with E-state index >= 15 is 0 Å². The quantitative estimate of drug-likeness (QED) is 0.896. The molecule has 1 aliphatic carbocycles. The molecule has 0 amide bonds. The molecule has 0 bridgehead atoms. The molecular weight excluding hydrogens is 252 g/mol. The number of fused-ring (bicyclic) bond motifs is 1. The minimum Gasteiger partial charge on any atom is -0.367 e. The van der Waals surface area contributed by atoms with Crippen LogP contribution in [0.5, 0.6) is 0 Å². The monoisotopic (exact) mass is 274 g/mol. The molecule has 20 heavy (non-hydrogen) atoms. The first-order valence-electron chi connectivity index (χ1n) is 7.78. The molecular formula is C15H22N4O. The summed E-state index contributed by atoms with van der Waals surface area (Å²) in [5.41, 5.74) is 1.16. The van der Waals surface area contributed by atoms with E-state index in [4.69, 9.17) is 4.74 Å². The van der Waals surface area contributed by atoms with E-state index in [1.807, 2.05) is 12.4 Å². The molecule has 1 saturated carbocycles. The van der Waals surface area contributed by atoms with Crippen LogP contribution in [-0.4, -0.2) is 46.6 Å². The zero-order chi connectivity index (χ0) is 13.4. The number of aromatic nitrogens is 2. The standard InChI is InChI=1S/C15H22N4O/c1-2-13-10-20-14(9-19(13)5-1)15-17-7-11(8-18-15)6-16-12-3-4-12/h7-8,12-14,16H,1-6,9-10H2. The van der Waals surface area contributed by atoms with E-state index in [0.29, 0.717) is 6.04 Å². The third kappa shape index (κ3) is 2.71. The van der Waals surface area contributed by atoms with Crippen molar-refractivity contribution in [2.45, 2.75) is 50.4 Å². The molecule has 2 atom stereocenters. The molecule has 2 aliphatic heterocycles. The summed E-state index contributed by atoms with van der Waals surface area (Å²) >= 11 is 0. The van der Waals surface area contributed by atoms with Gasteiger partial charge >= 0.3 is 0 Å². The van der Waals surface area contributed by atoms with Crippen molar-refractivity contribution in [3.05, 3.63) is 23.8 Å². The summed E-state index contributed by atoms with van der Waals surface area (Å²) in [6.07, 6.45) is 9.13. The minimum absolute atomic E-state index is 0.0507. The Kier molecular flexibility index (Phi) is 3.42. The van der Waals surface area contributed by atoms with Crippen LogP contribution in [0, 0.1) is 0 Å². The van der Waals surface area contributed by atoms with Gasteiger partial charge in [-0.15, -0.1) is 0 Å². The highest BCUT2D eigenvalue weighted by atomic mass is 16.5. The number of morpholine rings is 1. The highest BCUT2D eigenvalue weighted by molar-refractivity contribution is 5.08. The van der Waals surface area contributed by atoms with Gasteiger partial charge in [0.15, 0.2) is 5.82 Å². The van der Waals surface area contributed by atoms with Crippen molar-refractivity contribution in [1.82, 2.24) is 20.2 Å². The molecule has 3 aliphatic rings. The van der Waals surface area contributed by atoms with Crippen LogP contribution in [0.1, 0.15) is 43.2 Å². The Labute approximate surface area is 119 Å². The Bertz CT molecular complexity index is 459. The Morgan fingerprint density at radius 2 is 2.10 bits per heavy atom. The molecule has 5 nitrogen and oxygen atoms in total. The molecule has 1 aromatic heterocycles. The second-order valence-corrected chi connectivity index (χ2v) is 6.22. The summed E-state index contributed by atoms with van der Waals surface area (Å²) in [4.78, 5) is 11.6. The van der Waals surface area contributed by atoms with E-state index in [0.717, 1.165) is 37.1 Å². The number of nitrogens with zero attached hydrogens (tertiary/aromatic N) is 3. The number of hydrogen-bond donors (Lipinski definition) is 1. The van der Waals surface area contributed by atoms with Crippen LogP contribution >= 0.6 is 0 Å². The topological polar surface area (TPSA) is 50.3 Å². The van der Waals surface area contributed by atoms with Gasteiger partial charge in [-0.1, -0.05) is 0 Å². The van der Waals surface area contributed by atoms with E-state index in [-0.39, 0.29) is 6.10 Å². The van der Waals surface area contributed by atoms with Crippen LogP contribution in [0.4, 0.5) is 0 Å². The van der Waals surface area contributed by atoms with Crippen LogP contribution in [0.3, 0.4) is 0 Å². The van der Waals surface area contributed by atoms with Crippen molar-refractivity contribution in [2.24, 2.45) is 0 Å². The average molecular weight is 274 g/mol. The third-order valence-corrected chi connectivity index (χ3v) is 4.57. The lowest BCUT2D eigenvalue weighted by atomic mass is 10.2. The summed E-state index contributed by atoms with van der Waals surface area (Å²) in [5, 5.41) is 3.48. The van der Waals surface area contributed by atoms with Gasteiger partial charge in [-0.3, -0.25) is 4.90 Å². The fourth-order valence-electron chi connectivity index (χ4n) is 3.15. The molecule has 1 aromatic rings. The van der Waals surface area contributed by atoms with E-state index in [1.165, 1.54) is 32.2 Å². The highest BCUT2D eigenvalue weighted by Gasteiger charge is 2.33. The average Bonchev–Trinajstić information content (AvgIpc) is 3.21. The van der Waals surface area contributed by atoms with Crippen molar-refractivity contribution < 1.29 is 4.74 Å². The predicted molar refractivity (Wildman–Crippen MR) is 75.2 cm³/mol. The summed E-state index contributed by atoms with van der Waals surface area (Å²) in [6.45, 7) is 3.86. The summed E-state index contributed by atoms with van der Waals surface area (Å²) < 4.78 is 5.94. The van der Waals surface area contributed by atoms with Gasteiger partial charge < -0.3 is 10.1 Å². The normalized spacial score (nSPS) is 30.4. The first kappa shape index (κ1) is 12.7. The Morgan fingerprint density at radius 1 is 1.25 bits per heavy atom. The molecule has 0 radical (unpaired) electrons. The van der Waals surface area contributed by atoms with E-state index in [1.54, 1.807) is 0 Å². The van der Waals surface area contributed by atoms with Crippen LogP contribution in [0.2, 0.25) is 0 Å².